The van der Waals surface area contributed by atoms with Crippen molar-refractivity contribution in [2.45, 2.75) is 82.8 Å². The van der Waals surface area contributed by atoms with Crippen molar-refractivity contribution in [3.63, 3.8) is 0 Å². The van der Waals surface area contributed by atoms with Crippen molar-refractivity contribution in [1.29, 1.82) is 0 Å². The normalized spacial score (nSPS) is 30.5. The predicted molar refractivity (Wildman–Crippen MR) is 108 cm³/mol. The van der Waals surface area contributed by atoms with Gasteiger partial charge in [0.05, 0.1) is 12.2 Å². The number of aliphatic carboxylic acids is 1. The summed E-state index contributed by atoms with van der Waals surface area (Å²) in [5.41, 5.74) is 0. The summed E-state index contributed by atoms with van der Waals surface area (Å²) in [6, 6.07) is 0. The molecule has 1 aliphatic carbocycles. The summed E-state index contributed by atoms with van der Waals surface area (Å²) in [6.45, 7) is 0. The SMILES string of the molecule is CN(N=C[C@@H]1[C@@H](C/C=C\CCCC(=O)O)[C@H]2CC[C@@H]1O2)C(=O)C1CCCCC1. The summed E-state index contributed by atoms with van der Waals surface area (Å²) in [7, 11) is 1.78. The lowest BCUT2D eigenvalue weighted by atomic mass is 9.78. The first kappa shape index (κ1) is 21.0. The van der Waals surface area contributed by atoms with Crippen molar-refractivity contribution in [3.8, 4) is 0 Å². The second-order valence-corrected chi connectivity index (χ2v) is 8.49. The van der Waals surface area contributed by atoms with E-state index in [1.54, 1.807) is 12.1 Å². The van der Waals surface area contributed by atoms with Gasteiger partial charge in [-0.3, -0.25) is 9.59 Å². The largest absolute Gasteiger partial charge is 0.481 e. The van der Waals surface area contributed by atoms with Crippen molar-refractivity contribution >= 4 is 18.1 Å². The summed E-state index contributed by atoms with van der Waals surface area (Å²) in [5.74, 6) is 0.199. The van der Waals surface area contributed by atoms with Gasteiger partial charge >= 0.3 is 5.97 Å². The van der Waals surface area contributed by atoms with Gasteiger partial charge in [0.15, 0.2) is 0 Å². The number of allylic oxidation sites excluding steroid dienone is 2. The molecule has 0 aromatic heterocycles. The Kier molecular flexibility index (Phi) is 7.65. The number of carbonyl (C=O) groups excluding carboxylic acids is 1. The molecule has 6 heteroatoms. The first-order valence-corrected chi connectivity index (χ1v) is 10.9. The van der Waals surface area contributed by atoms with Crippen LogP contribution in [0.25, 0.3) is 0 Å². The number of hydrazone groups is 1. The topological polar surface area (TPSA) is 79.2 Å². The monoisotopic (exact) mass is 390 g/mol. The van der Waals surface area contributed by atoms with Gasteiger partial charge in [-0.2, -0.15) is 5.10 Å². The van der Waals surface area contributed by atoms with Crippen LogP contribution in [0.1, 0.15) is 70.6 Å². The van der Waals surface area contributed by atoms with Gasteiger partial charge in [-0.05, 0) is 50.9 Å². The van der Waals surface area contributed by atoms with Crippen LogP contribution < -0.4 is 0 Å². The molecule has 0 aromatic rings. The number of carboxylic acid groups (broad SMARTS) is 1. The van der Waals surface area contributed by atoms with Crippen LogP contribution in [0, 0.1) is 17.8 Å². The van der Waals surface area contributed by atoms with E-state index in [-0.39, 0.29) is 36.4 Å². The number of fused-ring (bicyclic) bond motifs is 2. The summed E-state index contributed by atoms with van der Waals surface area (Å²) < 4.78 is 6.11. The van der Waals surface area contributed by atoms with Gasteiger partial charge in [0.25, 0.3) is 0 Å². The zero-order valence-corrected chi connectivity index (χ0v) is 17.0. The van der Waals surface area contributed by atoms with E-state index in [1.807, 2.05) is 6.21 Å². The Hall–Kier alpha value is -1.69. The molecule has 2 aliphatic heterocycles. The van der Waals surface area contributed by atoms with Gasteiger partial charge in [-0.1, -0.05) is 31.4 Å². The lowest BCUT2D eigenvalue weighted by Crippen LogP contribution is -2.32. The second-order valence-electron chi connectivity index (χ2n) is 8.49. The number of amides is 1. The molecule has 0 unspecified atom stereocenters. The van der Waals surface area contributed by atoms with E-state index in [1.165, 1.54) is 6.42 Å². The van der Waals surface area contributed by atoms with E-state index in [9.17, 15) is 9.59 Å². The number of ether oxygens (including phenoxy) is 1. The van der Waals surface area contributed by atoms with Gasteiger partial charge in [0.2, 0.25) is 5.91 Å². The van der Waals surface area contributed by atoms with Crippen LogP contribution in [0.4, 0.5) is 0 Å². The third-order valence-electron chi connectivity index (χ3n) is 6.51. The maximum Gasteiger partial charge on any atom is 0.303 e. The molecule has 28 heavy (non-hydrogen) atoms. The number of nitrogens with zero attached hydrogens (tertiary/aromatic N) is 2. The Bertz CT molecular complexity index is 597. The van der Waals surface area contributed by atoms with E-state index >= 15 is 0 Å². The molecular formula is C22H34N2O4. The van der Waals surface area contributed by atoms with Crippen LogP contribution in [0.5, 0.6) is 0 Å². The highest BCUT2D eigenvalue weighted by Crippen LogP contribution is 2.44. The molecule has 156 valence electrons. The van der Waals surface area contributed by atoms with E-state index in [0.29, 0.717) is 12.3 Å². The number of carboxylic acids is 1. The summed E-state index contributed by atoms with van der Waals surface area (Å²) in [4.78, 5) is 23.2. The number of unbranched alkanes of at least 4 members (excludes halogenated alkanes) is 1. The fourth-order valence-corrected chi connectivity index (χ4v) is 4.92. The van der Waals surface area contributed by atoms with Crippen molar-refractivity contribution < 1.29 is 19.4 Å². The summed E-state index contributed by atoms with van der Waals surface area (Å²) in [6.07, 6.45) is 17.0. The molecular weight excluding hydrogens is 356 g/mol. The number of hydrogen-bond donors (Lipinski definition) is 1. The van der Waals surface area contributed by atoms with E-state index in [2.05, 4.69) is 17.3 Å². The van der Waals surface area contributed by atoms with Gasteiger partial charge in [-0.25, -0.2) is 5.01 Å². The van der Waals surface area contributed by atoms with Crippen molar-refractivity contribution in [2.75, 3.05) is 7.05 Å². The Morgan fingerprint density at radius 1 is 1.11 bits per heavy atom. The smallest absolute Gasteiger partial charge is 0.303 e. The van der Waals surface area contributed by atoms with E-state index in [0.717, 1.165) is 51.4 Å². The molecule has 1 saturated carbocycles. The average Bonchev–Trinajstić information content (AvgIpc) is 3.30. The highest BCUT2D eigenvalue weighted by atomic mass is 16.5. The van der Waals surface area contributed by atoms with E-state index < -0.39 is 5.97 Å². The first-order valence-electron chi connectivity index (χ1n) is 10.9. The molecule has 3 fully saturated rings. The Morgan fingerprint density at radius 3 is 2.61 bits per heavy atom. The fraction of sp³-hybridized carbons (Fsp3) is 0.773. The molecule has 4 atom stereocenters. The Labute approximate surface area is 168 Å². The van der Waals surface area contributed by atoms with Gasteiger partial charge in [0.1, 0.15) is 0 Å². The molecule has 0 aromatic carbocycles. The van der Waals surface area contributed by atoms with Gasteiger partial charge < -0.3 is 9.84 Å². The maximum atomic E-state index is 12.6. The average molecular weight is 391 g/mol. The lowest BCUT2D eigenvalue weighted by molar-refractivity contribution is -0.137. The lowest BCUT2D eigenvalue weighted by Gasteiger charge is -2.26. The molecule has 0 radical (unpaired) electrons. The number of rotatable bonds is 9. The van der Waals surface area contributed by atoms with Gasteiger partial charge in [-0.15, -0.1) is 0 Å². The molecule has 1 N–H and O–H groups in total. The highest BCUT2D eigenvalue weighted by Gasteiger charge is 2.47. The van der Waals surface area contributed by atoms with Crippen LogP contribution in [0.2, 0.25) is 0 Å². The fourth-order valence-electron chi connectivity index (χ4n) is 4.92. The minimum atomic E-state index is -0.738. The maximum absolute atomic E-state index is 12.6. The van der Waals surface area contributed by atoms with Gasteiger partial charge in [0, 0.05) is 31.5 Å². The van der Waals surface area contributed by atoms with E-state index in [4.69, 9.17) is 9.84 Å². The highest BCUT2D eigenvalue weighted by molar-refractivity contribution is 5.79. The molecule has 6 nitrogen and oxygen atoms in total. The quantitative estimate of drug-likeness (QED) is 0.279. The molecule has 3 rings (SSSR count). The van der Waals surface area contributed by atoms with Crippen LogP contribution in [0.15, 0.2) is 17.3 Å². The zero-order valence-electron chi connectivity index (χ0n) is 17.0. The minimum Gasteiger partial charge on any atom is -0.481 e. The van der Waals surface area contributed by atoms with Crippen LogP contribution in [-0.2, 0) is 14.3 Å². The Morgan fingerprint density at radius 2 is 1.86 bits per heavy atom. The first-order chi connectivity index (χ1) is 13.6. The minimum absolute atomic E-state index is 0.136. The number of carbonyl (C=O) groups is 2. The second kappa shape index (κ2) is 10.2. The molecule has 2 bridgehead atoms. The molecule has 1 amide bonds. The molecule has 2 saturated heterocycles. The standard InChI is InChI=1S/C22H34N2O4/c1-24(22(27)16-9-5-4-6-10-16)23-15-18-17(19-13-14-20(18)28-19)11-7-2-3-8-12-21(25)26/h2,7,15-20H,3-6,8-14H2,1H3,(H,25,26)/b7-2-,23-15?/t17-,18-,19-,20+/m1/s1. The molecule has 0 spiro atoms. The third-order valence-corrected chi connectivity index (χ3v) is 6.51. The van der Waals surface area contributed by atoms with Crippen LogP contribution in [-0.4, -0.2) is 47.5 Å². The third kappa shape index (κ3) is 5.43. The molecule has 3 aliphatic rings. The summed E-state index contributed by atoms with van der Waals surface area (Å²) >= 11 is 0. The van der Waals surface area contributed by atoms with Crippen molar-refractivity contribution in [3.05, 3.63) is 12.2 Å². The molecule has 2 heterocycles. The van der Waals surface area contributed by atoms with Crippen LogP contribution in [0.3, 0.4) is 0 Å². The van der Waals surface area contributed by atoms with Crippen molar-refractivity contribution in [1.82, 2.24) is 5.01 Å². The predicted octanol–water partition coefficient (Wildman–Crippen LogP) is 4.01. The van der Waals surface area contributed by atoms with Crippen LogP contribution >= 0.6 is 0 Å². The van der Waals surface area contributed by atoms with Crippen molar-refractivity contribution in [2.24, 2.45) is 22.9 Å². The Balaban J connectivity index is 1.50. The zero-order chi connectivity index (χ0) is 19.9. The summed E-state index contributed by atoms with van der Waals surface area (Å²) in [5, 5.41) is 14.8. The number of hydrogen-bond acceptors (Lipinski definition) is 4.